The number of amides is 1. The molecule has 1 saturated heterocycles. The summed E-state index contributed by atoms with van der Waals surface area (Å²) < 4.78 is 5.46. The van der Waals surface area contributed by atoms with Crippen LogP contribution in [0.15, 0.2) is 22.0 Å². The molecule has 2 aliphatic rings. The highest BCUT2D eigenvalue weighted by molar-refractivity contribution is 7.09. The first kappa shape index (κ1) is 13.9. The Bertz CT molecular complexity index is 648. The van der Waals surface area contributed by atoms with Crippen molar-refractivity contribution in [2.24, 2.45) is 5.92 Å². The van der Waals surface area contributed by atoms with Gasteiger partial charge in [-0.3, -0.25) is 4.79 Å². The number of carbonyl (C=O) groups excluding carboxylic acids is 1. The summed E-state index contributed by atoms with van der Waals surface area (Å²) in [6.45, 7) is 1.61. The first-order valence-electron chi connectivity index (χ1n) is 7.93. The number of hydrogen-bond donors (Lipinski definition) is 0. The largest absolute Gasteiger partial charge is 0.342 e. The second-order valence-corrected chi connectivity index (χ2v) is 7.23. The van der Waals surface area contributed by atoms with Gasteiger partial charge in [0, 0.05) is 30.3 Å². The van der Waals surface area contributed by atoms with Crippen LogP contribution in [0.5, 0.6) is 0 Å². The van der Waals surface area contributed by atoms with Gasteiger partial charge < -0.3 is 9.42 Å². The zero-order valence-electron chi connectivity index (χ0n) is 12.4. The second-order valence-electron chi connectivity index (χ2n) is 6.20. The van der Waals surface area contributed by atoms with Crippen LogP contribution in [-0.2, 0) is 11.2 Å². The molecule has 1 atom stereocenters. The van der Waals surface area contributed by atoms with Crippen LogP contribution in [0, 0.1) is 5.92 Å². The highest BCUT2D eigenvalue weighted by atomic mass is 32.1. The molecule has 0 bridgehead atoms. The zero-order valence-corrected chi connectivity index (χ0v) is 13.2. The predicted molar refractivity (Wildman–Crippen MR) is 82.7 cm³/mol. The van der Waals surface area contributed by atoms with E-state index < -0.39 is 0 Å². The summed E-state index contributed by atoms with van der Waals surface area (Å²) in [5, 5.41) is 6.16. The SMILES string of the molecule is O=C(C1CC1)N1CCC[C@@H](c2nc(Cc3cccs3)no2)C1. The fourth-order valence-corrected chi connectivity index (χ4v) is 3.74. The van der Waals surface area contributed by atoms with Gasteiger partial charge in [-0.2, -0.15) is 4.98 Å². The first-order chi connectivity index (χ1) is 10.8. The minimum Gasteiger partial charge on any atom is -0.342 e. The lowest BCUT2D eigenvalue weighted by Crippen LogP contribution is -2.40. The molecule has 5 nitrogen and oxygen atoms in total. The Labute approximate surface area is 133 Å². The molecule has 4 rings (SSSR count). The molecule has 6 heteroatoms. The Balaban J connectivity index is 1.42. The summed E-state index contributed by atoms with van der Waals surface area (Å²) in [7, 11) is 0. The minimum atomic E-state index is 0.195. The van der Waals surface area contributed by atoms with Gasteiger partial charge in [-0.15, -0.1) is 11.3 Å². The molecule has 1 aliphatic heterocycles. The van der Waals surface area contributed by atoms with Crippen LogP contribution in [0.2, 0.25) is 0 Å². The molecule has 0 aromatic carbocycles. The molecular weight excluding hydrogens is 298 g/mol. The van der Waals surface area contributed by atoms with Crippen molar-refractivity contribution in [2.75, 3.05) is 13.1 Å². The van der Waals surface area contributed by atoms with Crippen molar-refractivity contribution in [1.82, 2.24) is 15.0 Å². The van der Waals surface area contributed by atoms with Crippen LogP contribution in [-0.4, -0.2) is 34.0 Å². The molecular formula is C16H19N3O2S. The number of hydrogen-bond acceptors (Lipinski definition) is 5. The van der Waals surface area contributed by atoms with E-state index in [-0.39, 0.29) is 11.8 Å². The fourth-order valence-electron chi connectivity index (χ4n) is 3.04. The Hall–Kier alpha value is -1.69. The molecule has 0 N–H and O–H groups in total. The maximum Gasteiger partial charge on any atom is 0.231 e. The second kappa shape index (κ2) is 5.83. The van der Waals surface area contributed by atoms with E-state index in [0.29, 0.717) is 11.8 Å². The topological polar surface area (TPSA) is 59.2 Å². The standard InChI is InChI=1S/C16H19N3O2S/c20-16(11-5-6-11)19-7-1-3-12(10-19)15-17-14(18-21-15)9-13-4-2-8-22-13/h2,4,8,11-12H,1,3,5-7,9-10H2/t12-/m1/s1. The Morgan fingerprint density at radius 2 is 2.32 bits per heavy atom. The van der Waals surface area contributed by atoms with E-state index in [2.05, 4.69) is 21.6 Å². The number of piperidine rings is 1. The van der Waals surface area contributed by atoms with Crippen molar-refractivity contribution >= 4 is 17.2 Å². The van der Waals surface area contributed by atoms with Crippen LogP contribution in [0.3, 0.4) is 0 Å². The van der Waals surface area contributed by atoms with E-state index in [1.54, 1.807) is 11.3 Å². The van der Waals surface area contributed by atoms with Gasteiger partial charge in [-0.25, -0.2) is 0 Å². The van der Waals surface area contributed by atoms with Crippen molar-refractivity contribution in [3.8, 4) is 0 Å². The average molecular weight is 317 g/mol. The minimum absolute atomic E-state index is 0.195. The quantitative estimate of drug-likeness (QED) is 0.870. The van der Waals surface area contributed by atoms with E-state index in [4.69, 9.17) is 4.52 Å². The van der Waals surface area contributed by atoms with E-state index in [0.717, 1.165) is 51.0 Å². The van der Waals surface area contributed by atoms with Crippen LogP contribution in [0.1, 0.15) is 48.2 Å². The smallest absolute Gasteiger partial charge is 0.231 e. The van der Waals surface area contributed by atoms with E-state index >= 15 is 0 Å². The molecule has 2 fully saturated rings. The third-order valence-electron chi connectivity index (χ3n) is 4.41. The van der Waals surface area contributed by atoms with Gasteiger partial charge in [-0.1, -0.05) is 11.2 Å². The van der Waals surface area contributed by atoms with Gasteiger partial charge in [0.2, 0.25) is 11.8 Å². The van der Waals surface area contributed by atoms with Crippen molar-refractivity contribution in [3.05, 3.63) is 34.1 Å². The lowest BCUT2D eigenvalue weighted by atomic mass is 9.97. The van der Waals surface area contributed by atoms with E-state index in [9.17, 15) is 4.79 Å². The number of rotatable bonds is 4. The van der Waals surface area contributed by atoms with Gasteiger partial charge in [0.15, 0.2) is 5.82 Å². The highest BCUT2D eigenvalue weighted by Crippen LogP contribution is 2.34. The molecule has 1 saturated carbocycles. The first-order valence-corrected chi connectivity index (χ1v) is 8.81. The van der Waals surface area contributed by atoms with Gasteiger partial charge in [-0.05, 0) is 37.1 Å². The molecule has 22 heavy (non-hydrogen) atoms. The van der Waals surface area contributed by atoms with Crippen LogP contribution < -0.4 is 0 Å². The summed E-state index contributed by atoms with van der Waals surface area (Å²) in [6, 6.07) is 4.11. The molecule has 0 radical (unpaired) electrons. The number of carbonyl (C=O) groups is 1. The van der Waals surface area contributed by atoms with Crippen molar-refractivity contribution in [3.63, 3.8) is 0 Å². The zero-order chi connectivity index (χ0) is 14.9. The van der Waals surface area contributed by atoms with Crippen molar-refractivity contribution in [1.29, 1.82) is 0 Å². The van der Waals surface area contributed by atoms with Crippen molar-refractivity contribution < 1.29 is 9.32 Å². The maximum absolute atomic E-state index is 12.2. The van der Waals surface area contributed by atoms with E-state index in [1.807, 2.05) is 11.0 Å². The summed E-state index contributed by atoms with van der Waals surface area (Å²) in [5.74, 6) is 2.24. The predicted octanol–water partition coefficient (Wildman–Crippen LogP) is 2.84. The molecule has 1 aliphatic carbocycles. The molecule has 3 heterocycles. The van der Waals surface area contributed by atoms with Gasteiger partial charge in [0.25, 0.3) is 0 Å². The molecule has 0 unspecified atom stereocenters. The molecule has 1 amide bonds. The average Bonchev–Trinajstić information content (AvgIpc) is 3.07. The normalized spacial score (nSPS) is 22.0. The lowest BCUT2D eigenvalue weighted by Gasteiger charge is -2.31. The fraction of sp³-hybridized carbons (Fsp3) is 0.562. The summed E-state index contributed by atoms with van der Waals surface area (Å²) in [5.41, 5.74) is 0. The Morgan fingerprint density at radius 3 is 3.09 bits per heavy atom. The van der Waals surface area contributed by atoms with Gasteiger partial charge in [0.1, 0.15) is 0 Å². The third kappa shape index (κ3) is 2.92. The molecule has 0 spiro atoms. The lowest BCUT2D eigenvalue weighted by molar-refractivity contribution is -0.133. The summed E-state index contributed by atoms with van der Waals surface area (Å²) in [4.78, 5) is 20.0. The monoisotopic (exact) mass is 317 g/mol. The van der Waals surface area contributed by atoms with E-state index in [1.165, 1.54) is 4.88 Å². The Morgan fingerprint density at radius 1 is 1.41 bits per heavy atom. The summed E-state index contributed by atoms with van der Waals surface area (Å²) in [6.07, 6.45) is 4.89. The van der Waals surface area contributed by atoms with Crippen LogP contribution in [0.4, 0.5) is 0 Å². The maximum atomic E-state index is 12.2. The molecule has 2 aromatic rings. The Kier molecular flexibility index (Phi) is 3.70. The highest BCUT2D eigenvalue weighted by Gasteiger charge is 2.36. The number of thiophene rings is 1. The molecule has 116 valence electrons. The van der Waals surface area contributed by atoms with Crippen molar-refractivity contribution in [2.45, 2.75) is 38.0 Å². The van der Waals surface area contributed by atoms with Gasteiger partial charge in [0.05, 0.1) is 5.92 Å². The molecule has 2 aromatic heterocycles. The number of aromatic nitrogens is 2. The summed E-state index contributed by atoms with van der Waals surface area (Å²) >= 11 is 1.70. The number of nitrogens with zero attached hydrogens (tertiary/aromatic N) is 3. The third-order valence-corrected chi connectivity index (χ3v) is 5.28. The number of likely N-dealkylation sites (tertiary alicyclic amines) is 1. The van der Waals surface area contributed by atoms with Crippen LogP contribution >= 0.6 is 11.3 Å². The van der Waals surface area contributed by atoms with Gasteiger partial charge >= 0.3 is 0 Å². The van der Waals surface area contributed by atoms with Crippen LogP contribution in [0.25, 0.3) is 0 Å².